The van der Waals surface area contributed by atoms with Gasteiger partial charge in [-0.3, -0.25) is 4.79 Å². The van der Waals surface area contributed by atoms with Crippen molar-refractivity contribution in [1.82, 2.24) is 5.32 Å². The molecule has 1 saturated heterocycles. The minimum atomic E-state index is -0.347. The lowest BCUT2D eigenvalue weighted by Crippen LogP contribution is -2.26. The summed E-state index contributed by atoms with van der Waals surface area (Å²) in [7, 11) is 0. The number of benzene rings is 2. The van der Waals surface area contributed by atoms with Gasteiger partial charge in [-0.2, -0.15) is 5.10 Å². The Morgan fingerprint density at radius 2 is 1.84 bits per heavy atom. The van der Waals surface area contributed by atoms with Crippen LogP contribution in [0.15, 0.2) is 52.7 Å². The van der Waals surface area contributed by atoms with Crippen LogP contribution < -0.4 is 10.1 Å². The summed E-state index contributed by atoms with van der Waals surface area (Å²) < 4.78 is 5.74. The molecule has 0 saturated carbocycles. The summed E-state index contributed by atoms with van der Waals surface area (Å²) in [5, 5.41) is 12.2. The molecule has 1 aliphatic rings. The summed E-state index contributed by atoms with van der Waals surface area (Å²) in [4.78, 5) is 12.3. The fourth-order valence-electron chi connectivity index (χ4n) is 3.02. The molecule has 0 aromatic heterocycles. The third-order valence-corrected chi connectivity index (χ3v) is 6.51. The van der Waals surface area contributed by atoms with Gasteiger partial charge in [-0.15, -0.1) is 5.10 Å². The average molecular weight is 478 g/mol. The molecule has 1 heterocycles. The number of ether oxygens (including phenoxy) is 1. The van der Waals surface area contributed by atoms with Crippen LogP contribution in [-0.4, -0.2) is 29.1 Å². The normalized spacial score (nSPS) is 17.5. The van der Waals surface area contributed by atoms with Crippen LogP contribution in [0.25, 0.3) is 0 Å². The van der Waals surface area contributed by atoms with Crippen molar-refractivity contribution in [2.45, 2.75) is 44.3 Å². The van der Waals surface area contributed by atoms with E-state index in [1.54, 1.807) is 24.4 Å². The molecule has 0 aliphatic carbocycles. The predicted molar refractivity (Wildman–Crippen MR) is 131 cm³/mol. The number of rotatable bonds is 10. The molecule has 2 aromatic carbocycles. The maximum atomic E-state index is 12.3. The van der Waals surface area contributed by atoms with Crippen LogP contribution in [0.3, 0.4) is 0 Å². The Labute approximate surface area is 197 Å². The van der Waals surface area contributed by atoms with Crippen molar-refractivity contribution < 1.29 is 9.53 Å². The Balaban J connectivity index is 1.51. The number of amides is 1. The van der Waals surface area contributed by atoms with E-state index < -0.39 is 0 Å². The van der Waals surface area contributed by atoms with Gasteiger partial charge in [0.15, 0.2) is 5.17 Å². The van der Waals surface area contributed by atoms with Crippen molar-refractivity contribution in [2.24, 2.45) is 10.2 Å². The Bertz CT molecular complexity index is 928. The van der Waals surface area contributed by atoms with Crippen molar-refractivity contribution in [3.63, 3.8) is 0 Å². The highest BCUT2D eigenvalue weighted by atomic mass is 35.5. The standard InChI is InChI=1S/C23H25Cl2N3O2S/c1-2-3-4-5-13-30-17-11-9-16(10-12-17)15-26-28-23-27-22(29)21(31-23)14-18-19(24)7-6-8-20(18)25/h6-12,15,21H,2-5,13-14H2,1H3,(H,27,28,29)/b26-15-/t21-/m1/s1. The predicted octanol–water partition coefficient (Wildman–Crippen LogP) is 6.12. The van der Waals surface area contributed by atoms with Gasteiger partial charge in [-0.25, -0.2) is 0 Å². The Kier molecular flexibility index (Phi) is 9.25. The van der Waals surface area contributed by atoms with Crippen LogP contribution >= 0.6 is 35.0 Å². The molecule has 31 heavy (non-hydrogen) atoms. The number of carbonyl (C=O) groups is 1. The van der Waals surface area contributed by atoms with E-state index in [2.05, 4.69) is 22.4 Å². The second-order valence-electron chi connectivity index (χ2n) is 7.13. The first-order valence-corrected chi connectivity index (χ1v) is 11.9. The lowest BCUT2D eigenvalue weighted by Gasteiger charge is -2.09. The molecule has 5 nitrogen and oxygen atoms in total. The minimum Gasteiger partial charge on any atom is -0.494 e. The molecule has 8 heteroatoms. The Hall–Kier alpha value is -2.02. The highest BCUT2D eigenvalue weighted by molar-refractivity contribution is 8.15. The minimum absolute atomic E-state index is 0.129. The number of hydrogen-bond donors (Lipinski definition) is 1. The van der Waals surface area contributed by atoms with Crippen molar-refractivity contribution >= 4 is 52.3 Å². The summed E-state index contributed by atoms with van der Waals surface area (Å²) in [6.45, 7) is 2.93. The van der Waals surface area contributed by atoms with E-state index in [4.69, 9.17) is 27.9 Å². The van der Waals surface area contributed by atoms with Gasteiger partial charge in [0.05, 0.1) is 18.1 Å². The van der Waals surface area contributed by atoms with Gasteiger partial charge in [0, 0.05) is 10.0 Å². The lowest BCUT2D eigenvalue weighted by molar-refractivity contribution is -0.118. The number of amidine groups is 1. The number of nitrogens with one attached hydrogen (secondary N) is 1. The number of unbranched alkanes of at least 4 members (excludes halogenated alkanes) is 3. The summed E-state index contributed by atoms with van der Waals surface area (Å²) in [6, 6.07) is 13.0. The number of nitrogens with zero attached hydrogens (tertiary/aromatic N) is 2. The van der Waals surface area contributed by atoms with Crippen LogP contribution in [-0.2, 0) is 11.2 Å². The fourth-order valence-corrected chi connectivity index (χ4v) is 4.51. The van der Waals surface area contributed by atoms with Crippen molar-refractivity contribution in [3.05, 3.63) is 63.6 Å². The Morgan fingerprint density at radius 3 is 2.55 bits per heavy atom. The number of hydrogen-bond acceptors (Lipinski definition) is 5. The molecule has 1 amide bonds. The maximum absolute atomic E-state index is 12.3. The van der Waals surface area contributed by atoms with Crippen molar-refractivity contribution in [2.75, 3.05) is 6.61 Å². The summed E-state index contributed by atoms with van der Waals surface area (Å²) in [5.41, 5.74) is 1.66. The molecule has 0 radical (unpaired) electrons. The molecule has 1 fully saturated rings. The average Bonchev–Trinajstić information content (AvgIpc) is 3.11. The van der Waals surface area contributed by atoms with E-state index in [-0.39, 0.29) is 11.2 Å². The van der Waals surface area contributed by atoms with E-state index in [9.17, 15) is 4.79 Å². The summed E-state index contributed by atoms with van der Waals surface area (Å²) in [5.74, 6) is 0.718. The van der Waals surface area contributed by atoms with Gasteiger partial charge in [0.1, 0.15) is 5.75 Å². The molecule has 0 spiro atoms. The van der Waals surface area contributed by atoms with Gasteiger partial charge in [-0.05, 0) is 60.4 Å². The number of carbonyl (C=O) groups excluding carboxylic acids is 1. The van der Waals surface area contributed by atoms with Gasteiger partial charge >= 0.3 is 0 Å². The molecule has 1 N–H and O–H groups in total. The Morgan fingerprint density at radius 1 is 1.10 bits per heavy atom. The first-order chi connectivity index (χ1) is 15.1. The second-order valence-corrected chi connectivity index (χ2v) is 9.13. The zero-order valence-electron chi connectivity index (χ0n) is 17.3. The van der Waals surface area contributed by atoms with E-state index in [0.717, 1.165) is 29.9 Å². The third-order valence-electron chi connectivity index (χ3n) is 4.73. The monoisotopic (exact) mass is 477 g/mol. The van der Waals surface area contributed by atoms with Gasteiger partial charge < -0.3 is 10.1 Å². The highest BCUT2D eigenvalue weighted by Gasteiger charge is 2.31. The first-order valence-electron chi connectivity index (χ1n) is 10.3. The maximum Gasteiger partial charge on any atom is 0.239 e. The molecule has 0 unspecified atom stereocenters. The van der Waals surface area contributed by atoms with Gasteiger partial charge in [0.25, 0.3) is 0 Å². The third kappa shape index (κ3) is 7.27. The van der Waals surface area contributed by atoms with E-state index in [0.29, 0.717) is 21.6 Å². The van der Waals surface area contributed by atoms with Crippen LogP contribution in [0.5, 0.6) is 5.75 Å². The quantitative estimate of drug-likeness (QED) is 0.254. The summed E-state index contributed by atoms with van der Waals surface area (Å²) >= 11 is 13.8. The fraction of sp³-hybridized carbons (Fsp3) is 0.348. The molecule has 0 bridgehead atoms. The zero-order valence-corrected chi connectivity index (χ0v) is 19.6. The van der Waals surface area contributed by atoms with Crippen LogP contribution in [0.4, 0.5) is 0 Å². The molecular formula is C23H25Cl2N3O2S. The largest absolute Gasteiger partial charge is 0.494 e. The topological polar surface area (TPSA) is 63.1 Å². The number of thioether (sulfide) groups is 1. The molecule has 1 aliphatic heterocycles. The van der Waals surface area contributed by atoms with Crippen molar-refractivity contribution in [1.29, 1.82) is 0 Å². The van der Waals surface area contributed by atoms with Crippen LogP contribution in [0.1, 0.15) is 43.7 Å². The van der Waals surface area contributed by atoms with E-state index in [1.807, 2.05) is 24.3 Å². The van der Waals surface area contributed by atoms with E-state index in [1.165, 1.54) is 31.0 Å². The SMILES string of the molecule is CCCCCCOc1ccc(/C=N\N=C2/NC(=O)[C@@H](Cc3c(Cl)cccc3Cl)S2)cc1. The summed E-state index contributed by atoms with van der Waals surface area (Å²) in [6.07, 6.45) is 6.80. The van der Waals surface area contributed by atoms with Crippen molar-refractivity contribution in [3.8, 4) is 5.75 Å². The van der Waals surface area contributed by atoms with Gasteiger partial charge in [-0.1, -0.05) is 67.2 Å². The second kappa shape index (κ2) is 12.1. The molecule has 164 valence electrons. The number of halogens is 2. The van der Waals surface area contributed by atoms with Crippen LogP contribution in [0.2, 0.25) is 10.0 Å². The molecular weight excluding hydrogens is 453 g/mol. The molecule has 2 aromatic rings. The molecule has 1 atom stereocenters. The van der Waals surface area contributed by atoms with E-state index >= 15 is 0 Å². The van der Waals surface area contributed by atoms with Crippen LogP contribution in [0, 0.1) is 0 Å². The lowest BCUT2D eigenvalue weighted by atomic mass is 10.1. The molecule has 3 rings (SSSR count). The van der Waals surface area contributed by atoms with Gasteiger partial charge in [0.2, 0.25) is 5.91 Å². The smallest absolute Gasteiger partial charge is 0.239 e. The highest BCUT2D eigenvalue weighted by Crippen LogP contribution is 2.30. The zero-order chi connectivity index (χ0) is 22.1. The first kappa shape index (κ1) is 23.6.